The Kier molecular flexibility index (Phi) is 3.93. The van der Waals surface area contributed by atoms with Gasteiger partial charge >= 0.3 is 0 Å². The number of fused-ring (bicyclic) bond motifs is 1. The lowest BCUT2D eigenvalue weighted by molar-refractivity contribution is 0.0948. The van der Waals surface area contributed by atoms with Crippen LogP contribution in [-0.4, -0.2) is 10.9 Å². The van der Waals surface area contributed by atoms with Crippen molar-refractivity contribution in [2.24, 2.45) is 0 Å². The zero-order chi connectivity index (χ0) is 16.4. The number of pyridine rings is 1. The molecular formula is C18H15FN2O2. The smallest absolute Gasteiger partial charge is 0.261 e. The maximum atomic E-state index is 13.6. The maximum absolute atomic E-state index is 13.6. The molecule has 4 nitrogen and oxygen atoms in total. The van der Waals surface area contributed by atoms with Crippen molar-refractivity contribution in [3.63, 3.8) is 0 Å². The van der Waals surface area contributed by atoms with E-state index >= 15 is 0 Å². The van der Waals surface area contributed by atoms with Crippen molar-refractivity contribution >= 4 is 16.8 Å². The summed E-state index contributed by atoms with van der Waals surface area (Å²) in [6.45, 7) is 1.76. The molecule has 0 atom stereocenters. The summed E-state index contributed by atoms with van der Waals surface area (Å²) in [5, 5.41) is 3.41. The molecule has 3 rings (SSSR count). The number of aryl methyl sites for hydroxylation is 1. The molecule has 2 N–H and O–H groups in total. The molecule has 23 heavy (non-hydrogen) atoms. The molecule has 116 valence electrons. The lowest BCUT2D eigenvalue weighted by atomic mass is 10.0. The zero-order valence-electron chi connectivity index (χ0n) is 12.5. The van der Waals surface area contributed by atoms with Crippen LogP contribution in [0.2, 0.25) is 0 Å². The molecular weight excluding hydrogens is 295 g/mol. The van der Waals surface area contributed by atoms with Crippen LogP contribution in [0.25, 0.3) is 10.9 Å². The minimum atomic E-state index is -0.516. The number of hydrogen-bond donors (Lipinski definition) is 2. The van der Waals surface area contributed by atoms with Crippen molar-refractivity contribution in [2.45, 2.75) is 13.5 Å². The number of carbonyl (C=O) groups is 1. The number of benzene rings is 2. The molecule has 5 heteroatoms. The second-order valence-corrected chi connectivity index (χ2v) is 5.27. The van der Waals surface area contributed by atoms with Gasteiger partial charge in [-0.2, -0.15) is 0 Å². The van der Waals surface area contributed by atoms with Crippen LogP contribution in [0.1, 0.15) is 21.5 Å². The van der Waals surface area contributed by atoms with Crippen LogP contribution in [0, 0.1) is 12.7 Å². The molecule has 0 radical (unpaired) electrons. The van der Waals surface area contributed by atoms with Gasteiger partial charge in [-0.1, -0.05) is 36.4 Å². The molecule has 0 aliphatic carbocycles. The van der Waals surface area contributed by atoms with Crippen molar-refractivity contribution in [2.75, 3.05) is 0 Å². The summed E-state index contributed by atoms with van der Waals surface area (Å²) < 4.78 is 13.6. The third-order valence-electron chi connectivity index (χ3n) is 3.81. The SMILES string of the molecule is Cc1c(C(=O)NCc2ccccc2F)c(=O)[nH]c2ccccc12. The number of carbonyl (C=O) groups excluding carboxylic acids is 1. The van der Waals surface area contributed by atoms with E-state index in [9.17, 15) is 14.0 Å². The second-order valence-electron chi connectivity index (χ2n) is 5.27. The van der Waals surface area contributed by atoms with Crippen LogP contribution in [0.3, 0.4) is 0 Å². The first-order valence-corrected chi connectivity index (χ1v) is 7.21. The molecule has 1 heterocycles. The summed E-state index contributed by atoms with van der Waals surface area (Å²) in [6.07, 6.45) is 0. The Bertz CT molecular complexity index is 947. The molecule has 1 amide bonds. The number of H-pyrrole nitrogens is 1. The lowest BCUT2D eigenvalue weighted by Crippen LogP contribution is -2.30. The monoisotopic (exact) mass is 310 g/mol. The highest BCUT2D eigenvalue weighted by atomic mass is 19.1. The standard InChI is InChI=1S/C18H15FN2O2/c1-11-13-7-3-5-9-15(13)21-18(23)16(11)17(22)20-10-12-6-2-4-8-14(12)19/h2-9H,10H2,1H3,(H,20,22)(H,21,23). The van der Waals surface area contributed by atoms with Crippen molar-refractivity contribution in [1.82, 2.24) is 10.3 Å². The van der Waals surface area contributed by atoms with Gasteiger partial charge in [-0.15, -0.1) is 0 Å². The Morgan fingerprint density at radius 3 is 2.61 bits per heavy atom. The second kappa shape index (κ2) is 6.04. The molecule has 1 aromatic heterocycles. The quantitative estimate of drug-likeness (QED) is 0.781. The van der Waals surface area contributed by atoms with E-state index in [2.05, 4.69) is 10.3 Å². The average molecular weight is 310 g/mol. The predicted molar refractivity (Wildman–Crippen MR) is 86.9 cm³/mol. The van der Waals surface area contributed by atoms with Gasteiger partial charge in [0, 0.05) is 23.0 Å². The lowest BCUT2D eigenvalue weighted by Gasteiger charge is -2.10. The number of para-hydroxylation sites is 1. The van der Waals surface area contributed by atoms with Gasteiger partial charge in [-0.3, -0.25) is 9.59 Å². The van der Waals surface area contributed by atoms with E-state index in [0.29, 0.717) is 16.6 Å². The minimum absolute atomic E-state index is 0.0250. The highest BCUT2D eigenvalue weighted by Crippen LogP contribution is 2.17. The van der Waals surface area contributed by atoms with Crippen LogP contribution in [0.5, 0.6) is 0 Å². The highest BCUT2D eigenvalue weighted by Gasteiger charge is 2.16. The number of rotatable bonds is 3. The fourth-order valence-electron chi connectivity index (χ4n) is 2.59. The van der Waals surface area contributed by atoms with Gasteiger partial charge in [-0.05, 0) is 24.6 Å². The predicted octanol–water partition coefficient (Wildman–Crippen LogP) is 2.91. The first-order chi connectivity index (χ1) is 11.1. The van der Waals surface area contributed by atoms with E-state index in [1.54, 1.807) is 31.2 Å². The number of amides is 1. The molecule has 0 saturated carbocycles. The molecule has 0 fully saturated rings. The summed E-state index contributed by atoms with van der Waals surface area (Å²) in [5.41, 5.74) is 1.26. The number of halogens is 1. The number of aromatic nitrogens is 1. The van der Waals surface area contributed by atoms with Crippen molar-refractivity contribution in [3.8, 4) is 0 Å². The third-order valence-corrected chi connectivity index (χ3v) is 3.81. The van der Waals surface area contributed by atoms with E-state index in [4.69, 9.17) is 0 Å². The van der Waals surface area contributed by atoms with Gasteiger partial charge in [-0.25, -0.2) is 4.39 Å². The summed E-state index contributed by atoms with van der Waals surface area (Å²) in [6, 6.07) is 13.5. The van der Waals surface area contributed by atoms with Gasteiger partial charge < -0.3 is 10.3 Å². The van der Waals surface area contributed by atoms with Crippen LogP contribution in [-0.2, 0) is 6.54 Å². The Morgan fingerprint density at radius 2 is 1.83 bits per heavy atom. The van der Waals surface area contributed by atoms with Crippen LogP contribution >= 0.6 is 0 Å². The number of aromatic amines is 1. The average Bonchev–Trinajstić information content (AvgIpc) is 2.54. The maximum Gasteiger partial charge on any atom is 0.261 e. The molecule has 0 bridgehead atoms. The van der Waals surface area contributed by atoms with Crippen LogP contribution in [0.4, 0.5) is 4.39 Å². The van der Waals surface area contributed by atoms with Crippen molar-refractivity contribution < 1.29 is 9.18 Å². The normalized spacial score (nSPS) is 10.7. The summed E-state index contributed by atoms with van der Waals surface area (Å²) in [5.74, 6) is -0.908. The van der Waals surface area contributed by atoms with Crippen LogP contribution < -0.4 is 10.9 Å². The molecule has 0 aliphatic heterocycles. The summed E-state index contributed by atoms with van der Waals surface area (Å²) in [4.78, 5) is 27.2. The van der Waals surface area contributed by atoms with Crippen LogP contribution in [0.15, 0.2) is 53.3 Å². The highest BCUT2D eigenvalue weighted by molar-refractivity contribution is 5.99. The van der Waals surface area contributed by atoms with Gasteiger partial charge in [0.2, 0.25) is 0 Å². The number of hydrogen-bond acceptors (Lipinski definition) is 2. The first kappa shape index (κ1) is 15.0. The topological polar surface area (TPSA) is 62.0 Å². The first-order valence-electron chi connectivity index (χ1n) is 7.21. The molecule has 0 aliphatic rings. The number of nitrogens with one attached hydrogen (secondary N) is 2. The van der Waals surface area contributed by atoms with E-state index in [1.165, 1.54) is 6.07 Å². The van der Waals surface area contributed by atoms with Crippen molar-refractivity contribution in [1.29, 1.82) is 0 Å². The van der Waals surface area contributed by atoms with Gasteiger partial charge in [0.05, 0.1) is 0 Å². The van der Waals surface area contributed by atoms with Crippen molar-refractivity contribution in [3.05, 3.63) is 81.4 Å². The minimum Gasteiger partial charge on any atom is -0.348 e. The molecule has 0 saturated heterocycles. The fourth-order valence-corrected chi connectivity index (χ4v) is 2.59. The molecule has 0 unspecified atom stereocenters. The largest absolute Gasteiger partial charge is 0.348 e. The summed E-state index contributed by atoms with van der Waals surface area (Å²) in [7, 11) is 0. The molecule has 2 aromatic carbocycles. The van der Waals surface area contributed by atoms with Gasteiger partial charge in [0.15, 0.2) is 0 Å². The van der Waals surface area contributed by atoms with Gasteiger partial charge in [0.25, 0.3) is 11.5 Å². The van der Waals surface area contributed by atoms with E-state index < -0.39 is 17.3 Å². The van der Waals surface area contributed by atoms with Gasteiger partial charge in [0.1, 0.15) is 11.4 Å². The van der Waals surface area contributed by atoms with E-state index in [0.717, 1.165) is 5.39 Å². The Balaban J connectivity index is 1.92. The Labute approximate surface area is 132 Å². The molecule has 0 spiro atoms. The fraction of sp³-hybridized carbons (Fsp3) is 0.111. The Hall–Kier alpha value is -2.95. The van der Waals surface area contributed by atoms with E-state index in [1.807, 2.05) is 18.2 Å². The summed E-state index contributed by atoms with van der Waals surface area (Å²) >= 11 is 0. The third kappa shape index (κ3) is 2.85. The Morgan fingerprint density at radius 1 is 1.13 bits per heavy atom. The van der Waals surface area contributed by atoms with E-state index in [-0.39, 0.29) is 12.1 Å². The zero-order valence-corrected chi connectivity index (χ0v) is 12.5. The molecule has 3 aromatic rings.